The normalized spacial score (nSPS) is 14.2. The summed E-state index contributed by atoms with van der Waals surface area (Å²) < 4.78 is 0. The first-order chi connectivity index (χ1) is 6.82. The third kappa shape index (κ3) is 6.44. The lowest BCUT2D eigenvalue weighted by atomic mass is 10.1. The highest BCUT2D eigenvalue weighted by Gasteiger charge is 2.23. The molecule has 2 atom stereocenters. The summed E-state index contributed by atoms with van der Waals surface area (Å²) in [6.07, 6.45) is -0.845. The van der Waals surface area contributed by atoms with E-state index >= 15 is 0 Å². The van der Waals surface area contributed by atoms with Crippen LogP contribution in [0.25, 0.3) is 0 Å². The van der Waals surface area contributed by atoms with Gasteiger partial charge in [-0.1, -0.05) is 0 Å². The number of hydrogen-bond acceptors (Lipinski definition) is 4. The Morgan fingerprint density at radius 3 is 1.87 bits per heavy atom. The Hall–Kier alpha value is -1.63. The molecule has 0 amide bonds. The second-order valence-corrected chi connectivity index (χ2v) is 3.15. The average Bonchev–Trinajstić information content (AvgIpc) is 1.99. The summed E-state index contributed by atoms with van der Waals surface area (Å²) in [6, 6.07) is -1.86. The van der Waals surface area contributed by atoms with Crippen LogP contribution < -0.4 is 5.32 Å². The van der Waals surface area contributed by atoms with Gasteiger partial charge in [0.05, 0.1) is 12.8 Å². The fourth-order valence-electron chi connectivity index (χ4n) is 1.06. The van der Waals surface area contributed by atoms with Crippen molar-refractivity contribution in [2.45, 2.75) is 31.8 Å². The molecule has 0 rings (SSSR count). The van der Waals surface area contributed by atoms with Crippen LogP contribution in [-0.2, 0) is 14.4 Å². The molecule has 0 aliphatic carbocycles. The van der Waals surface area contributed by atoms with Crippen molar-refractivity contribution in [1.29, 1.82) is 0 Å². The third-order valence-electron chi connectivity index (χ3n) is 1.64. The van der Waals surface area contributed by atoms with E-state index in [-0.39, 0.29) is 6.42 Å². The van der Waals surface area contributed by atoms with E-state index < -0.39 is 36.4 Å². The first kappa shape index (κ1) is 13.4. The molecule has 0 aromatic carbocycles. The maximum atomic E-state index is 10.6. The summed E-state index contributed by atoms with van der Waals surface area (Å²) in [5, 5.41) is 27.9. The molecule has 0 bridgehead atoms. The number of nitrogens with one attached hydrogen (secondary N) is 1. The zero-order valence-electron chi connectivity index (χ0n) is 8.14. The van der Waals surface area contributed by atoms with Crippen molar-refractivity contribution >= 4 is 17.9 Å². The first-order valence-corrected chi connectivity index (χ1v) is 4.25. The Kier molecular flexibility index (Phi) is 5.32. The van der Waals surface area contributed by atoms with Gasteiger partial charge in [-0.2, -0.15) is 0 Å². The van der Waals surface area contributed by atoms with Crippen LogP contribution in [0.1, 0.15) is 19.8 Å². The van der Waals surface area contributed by atoms with Gasteiger partial charge in [-0.25, -0.2) is 0 Å². The fourth-order valence-corrected chi connectivity index (χ4v) is 1.06. The van der Waals surface area contributed by atoms with Crippen LogP contribution in [0, 0.1) is 0 Å². The van der Waals surface area contributed by atoms with E-state index in [4.69, 9.17) is 15.3 Å². The molecule has 0 saturated heterocycles. The summed E-state index contributed by atoms with van der Waals surface area (Å²) in [7, 11) is 0. The molecular formula is C8H13NO6. The van der Waals surface area contributed by atoms with Gasteiger partial charge in [0.15, 0.2) is 0 Å². The molecule has 7 heteroatoms. The van der Waals surface area contributed by atoms with Crippen LogP contribution in [0.5, 0.6) is 0 Å². The molecule has 0 spiro atoms. The van der Waals surface area contributed by atoms with Crippen LogP contribution >= 0.6 is 0 Å². The summed E-state index contributed by atoms with van der Waals surface area (Å²) in [5.74, 6) is -3.64. The zero-order chi connectivity index (χ0) is 12.0. The summed E-state index contributed by atoms with van der Waals surface area (Å²) in [5.41, 5.74) is 0. The maximum Gasteiger partial charge on any atom is 0.321 e. The van der Waals surface area contributed by atoms with Gasteiger partial charge in [-0.15, -0.1) is 0 Å². The van der Waals surface area contributed by atoms with Gasteiger partial charge in [0.1, 0.15) is 6.04 Å². The third-order valence-corrected chi connectivity index (χ3v) is 1.64. The van der Waals surface area contributed by atoms with Crippen molar-refractivity contribution < 1.29 is 29.7 Å². The van der Waals surface area contributed by atoms with Crippen LogP contribution in [-0.4, -0.2) is 45.3 Å². The number of carbonyl (C=O) groups is 3. The summed E-state index contributed by atoms with van der Waals surface area (Å²) in [4.78, 5) is 31.2. The molecule has 4 N–H and O–H groups in total. The van der Waals surface area contributed by atoms with Crippen LogP contribution in [0.2, 0.25) is 0 Å². The topological polar surface area (TPSA) is 124 Å². The molecule has 7 nitrogen and oxygen atoms in total. The van der Waals surface area contributed by atoms with Crippen molar-refractivity contribution in [1.82, 2.24) is 5.32 Å². The smallest absolute Gasteiger partial charge is 0.321 e. The Bertz CT molecular complexity index is 264. The zero-order valence-corrected chi connectivity index (χ0v) is 8.14. The van der Waals surface area contributed by atoms with Crippen molar-refractivity contribution in [3.63, 3.8) is 0 Å². The van der Waals surface area contributed by atoms with E-state index in [1.165, 1.54) is 6.92 Å². The van der Waals surface area contributed by atoms with Gasteiger partial charge in [-0.3, -0.25) is 14.4 Å². The standard InChI is InChI=1S/C8H13NO6/c1-4(2-6(10)11)9-5(8(14)15)3-7(12)13/h4-5,9H,2-3H2,1H3,(H,10,11)(H,12,13)(H,14,15)/t4?,5-/m0/s1. The fraction of sp³-hybridized carbons (Fsp3) is 0.625. The molecule has 0 aromatic rings. The Labute approximate surface area is 85.7 Å². The van der Waals surface area contributed by atoms with E-state index in [0.717, 1.165) is 0 Å². The van der Waals surface area contributed by atoms with E-state index in [1.54, 1.807) is 0 Å². The van der Waals surface area contributed by atoms with Gasteiger partial charge in [0.2, 0.25) is 0 Å². The average molecular weight is 219 g/mol. The number of rotatable bonds is 7. The van der Waals surface area contributed by atoms with Crippen molar-refractivity contribution in [2.75, 3.05) is 0 Å². The predicted molar refractivity (Wildman–Crippen MR) is 48.5 cm³/mol. The van der Waals surface area contributed by atoms with Crippen molar-refractivity contribution in [3.05, 3.63) is 0 Å². The molecule has 1 unspecified atom stereocenters. The number of aliphatic carboxylic acids is 3. The number of carboxylic acids is 3. The number of carboxylic acid groups (broad SMARTS) is 3. The molecular weight excluding hydrogens is 206 g/mol. The van der Waals surface area contributed by atoms with Crippen molar-refractivity contribution in [2.24, 2.45) is 0 Å². The predicted octanol–water partition coefficient (Wildman–Crippen LogP) is -0.633. The van der Waals surface area contributed by atoms with Crippen LogP contribution in [0.15, 0.2) is 0 Å². The lowest BCUT2D eigenvalue weighted by molar-refractivity contribution is -0.146. The van der Waals surface area contributed by atoms with Crippen LogP contribution in [0.3, 0.4) is 0 Å². The quantitative estimate of drug-likeness (QED) is 0.449. The Morgan fingerprint density at radius 2 is 1.53 bits per heavy atom. The molecule has 0 fully saturated rings. The minimum absolute atomic E-state index is 0.261. The van der Waals surface area contributed by atoms with Crippen LogP contribution in [0.4, 0.5) is 0 Å². The van der Waals surface area contributed by atoms with Gasteiger partial charge < -0.3 is 20.6 Å². The lowest BCUT2D eigenvalue weighted by Crippen LogP contribution is -2.44. The van der Waals surface area contributed by atoms with Crippen molar-refractivity contribution in [3.8, 4) is 0 Å². The number of hydrogen-bond donors (Lipinski definition) is 4. The van der Waals surface area contributed by atoms with Gasteiger partial charge in [0, 0.05) is 6.04 Å². The van der Waals surface area contributed by atoms with Gasteiger partial charge in [0.25, 0.3) is 0 Å². The molecule has 0 aliphatic heterocycles. The first-order valence-electron chi connectivity index (χ1n) is 4.25. The maximum absolute atomic E-state index is 10.6. The minimum Gasteiger partial charge on any atom is -0.481 e. The highest BCUT2D eigenvalue weighted by Crippen LogP contribution is 1.98. The van der Waals surface area contributed by atoms with Gasteiger partial charge >= 0.3 is 17.9 Å². The SMILES string of the molecule is CC(CC(=O)O)N[C@@H](CC(=O)O)C(=O)O. The largest absolute Gasteiger partial charge is 0.481 e. The van der Waals surface area contributed by atoms with Gasteiger partial charge in [-0.05, 0) is 6.92 Å². The molecule has 0 radical (unpaired) electrons. The Morgan fingerprint density at radius 1 is 1.07 bits per heavy atom. The summed E-state index contributed by atoms with van der Waals surface area (Å²) in [6.45, 7) is 1.48. The van der Waals surface area contributed by atoms with E-state index in [1.807, 2.05) is 0 Å². The summed E-state index contributed by atoms with van der Waals surface area (Å²) >= 11 is 0. The minimum atomic E-state index is -1.31. The van der Waals surface area contributed by atoms with E-state index in [9.17, 15) is 14.4 Å². The highest BCUT2D eigenvalue weighted by atomic mass is 16.4. The molecule has 0 aromatic heterocycles. The monoisotopic (exact) mass is 219 g/mol. The Balaban J connectivity index is 4.21. The molecule has 0 saturated carbocycles. The highest BCUT2D eigenvalue weighted by molar-refractivity contribution is 5.80. The molecule has 86 valence electrons. The van der Waals surface area contributed by atoms with E-state index in [0.29, 0.717) is 0 Å². The second kappa shape index (κ2) is 5.97. The molecule has 0 aliphatic rings. The van der Waals surface area contributed by atoms with E-state index in [2.05, 4.69) is 5.32 Å². The molecule has 15 heavy (non-hydrogen) atoms. The second-order valence-electron chi connectivity index (χ2n) is 3.15. The molecule has 0 heterocycles. The lowest BCUT2D eigenvalue weighted by Gasteiger charge is -2.17.